The van der Waals surface area contributed by atoms with Gasteiger partial charge in [-0.1, -0.05) is 6.92 Å². The molecular formula is C12H20N2O3S. The Hall–Kier alpha value is -0.850. The van der Waals surface area contributed by atoms with Crippen molar-refractivity contribution >= 4 is 10.0 Å². The van der Waals surface area contributed by atoms with Crippen molar-refractivity contribution in [1.82, 2.24) is 9.29 Å². The third-order valence-corrected chi connectivity index (χ3v) is 5.38. The Kier molecular flexibility index (Phi) is 4.09. The van der Waals surface area contributed by atoms with Gasteiger partial charge in [-0.2, -0.15) is 4.31 Å². The molecule has 1 fully saturated rings. The molecule has 1 saturated heterocycles. The second kappa shape index (κ2) is 5.42. The number of nitrogens with one attached hydrogen (secondary N) is 1. The fraction of sp³-hybridized carbons (Fsp3) is 0.667. The van der Waals surface area contributed by atoms with Crippen LogP contribution in [0, 0.1) is 5.92 Å². The predicted octanol–water partition coefficient (Wildman–Crippen LogP) is 1.32. The molecule has 0 amide bonds. The molecule has 5 nitrogen and oxygen atoms in total. The Labute approximate surface area is 108 Å². The number of aliphatic hydroxyl groups is 1. The van der Waals surface area contributed by atoms with E-state index in [1.807, 2.05) is 0 Å². The molecule has 2 N–H and O–H groups in total. The molecule has 18 heavy (non-hydrogen) atoms. The zero-order chi connectivity index (χ0) is 13.2. The van der Waals surface area contributed by atoms with Gasteiger partial charge in [0.25, 0.3) is 0 Å². The van der Waals surface area contributed by atoms with Gasteiger partial charge >= 0.3 is 0 Å². The van der Waals surface area contributed by atoms with Gasteiger partial charge in [0, 0.05) is 25.0 Å². The number of aromatic nitrogens is 1. The van der Waals surface area contributed by atoms with Crippen LogP contribution >= 0.6 is 0 Å². The highest BCUT2D eigenvalue weighted by atomic mass is 32.2. The molecule has 2 heterocycles. The number of nitrogens with zero attached hydrogens (tertiary/aromatic N) is 1. The number of hydrogen-bond acceptors (Lipinski definition) is 3. The lowest BCUT2D eigenvalue weighted by Crippen LogP contribution is -2.31. The minimum Gasteiger partial charge on any atom is -0.390 e. The van der Waals surface area contributed by atoms with Gasteiger partial charge in [0.2, 0.25) is 10.0 Å². The molecule has 0 radical (unpaired) electrons. The van der Waals surface area contributed by atoms with Crippen LogP contribution in [-0.4, -0.2) is 35.9 Å². The molecule has 6 heteroatoms. The molecule has 1 atom stereocenters. The molecule has 0 saturated carbocycles. The second-order valence-corrected chi connectivity index (χ2v) is 6.90. The molecule has 1 aliphatic heterocycles. The Morgan fingerprint density at radius 3 is 2.89 bits per heavy atom. The van der Waals surface area contributed by atoms with Crippen LogP contribution in [0.25, 0.3) is 0 Å². The van der Waals surface area contributed by atoms with E-state index in [0.717, 1.165) is 19.3 Å². The van der Waals surface area contributed by atoms with E-state index >= 15 is 0 Å². The van der Waals surface area contributed by atoms with E-state index < -0.39 is 10.0 Å². The van der Waals surface area contributed by atoms with Crippen molar-refractivity contribution in [3.05, 3.63) is 18.0 Å². The minimum absolute atomic E-state index is 0.174. The van der Waals surface area contributed by atoms with Crippen LogP contribution in [0.15, 0.2) is 17.2 Å². The maximum atomic E-state index is 12.4. The van der Waals surface area contributed by atoms with Crippen molar-refractivity contribution < 1.29 is 13.5 Å². The number of H-pyrrole nitrogens is 1. The first-order valence-electron chi connectivity index (χ1n) is 6.32. The third-order valence-electron chi connectivity index (χ3n) is 3.50. The zero-order valence-electron chi connectivity index (χ0n) is 10.6. The molecule has 0 aromatic carbocycles. The predicted molar refractivity (Wildman–Crippen MR) is 68.5 cm³/mol. The van der Waals surface area contributed by atoms with Gasteiger partial charge in [0.1, 0.15) is 0 Å². The molecule has 1 aromatic heterocycles. The largest absolute Gasteiger partial charge is 0.390 e. The summed E-state index contributed by atoms with van der Waals surface area (Å²) in [5.74, 6) is 0.587. The van der Waals surface area contributed by atoms with E-state index in [-0.39, 0.29) is 11.5 Å². The smallest absolute Gasteiger partial charge is 0.244 e. The SMILES string of the molecule is CC1CCCN(S(=O)(=O)c2c[nH]c(CO)c2)CC1. The van der Waals surface area contributed by atoms with E-state index in [4.69, 9.17) is 5.11 Å². The molecular weight excluding hydrogens is 252 g/mol. The fourth-order valence-electron chi connectivity index (χ4n) is 2.29. The molecule has 0 bridgehead atoms. The van der Waals surface area contributed by atoms with Crippen molar-refractivity contribution in [3.63, 3.8) is 0 Å². The maximum absolute atomic E-state index is 12.4. The Morgan fingerprint density at radius 2 is 2.22 bits per heavy atom. The zero-order valence-corrected chi connectivity index (χ0v) is 11.4. The average molecular weight is 272 g/mol. The lowest BCUT2D eigenvalue weighted by atomic mass is 10.0. The normalized spacial score (nSPS) is 22.9. The molecule has 1 aliphatic rings. The van der Waals surface area contributed by atoms with Gasteiger partial charge in [-0.05, 0) is 31.2 Å². The molecule has 2 rings (SSSR count). The molecule has 0 aliphatic carbocycles. The van der Waals surface area contributed by atoms with Gasteiger partial charge in [0.15, 0.2) is 0 Å². The topological polar surface area (TPSA) is 73.4 Å². The molecule has 102 valence electrons. The van der Waals surface area contributed by atoms with Crippen LogP contribution < -0.4 is 0 Å². The number of aromatic amines is 1. The van der Waals surface area contributed by atoms with Crippen LogP contribution in [-0.2, 0) is 16.6 Å². The second-order valence-electron chi connectivity index (χ2n) is 4.96. The number of aliphatic hydroxyl groups excluding tert-OH is 1. The highest BCUT2D eigenvalue weighted by Crippen LogP contribution is 2.23. The molecule has 0 spiro atoms. The summed E-state index contributed by atoms with van der Waals surface area (Å²) >= 11 is 0. The third kappa shape index (κ3) is 2.76. The lowest BCUT2D eigenvalue weighted by molar-refractivity contribution is 0.277. The minimum atomic E-state index is -3.41. The summed E-state index contributed by atoms with van der Waals surface area (Å²) in [6.07, 6.45) is 4.37. The summed E-state index contributed by atoms with van der Waals surface area (Å²) in [5.41, 5.74) is 0.525. The summed E-state index contributed by atoms with van der Waals surface area (Å²) in [6, 6.07) is 1.50. The molecule has 1 aromatic rings. The van der Waals surface area contributed by atoms with E-state index in [2.05, 4.69) is 11.9 Å². The van der Waals surface area contributed by atoms with Crippen molar-refractivity contribution in [2.75, 3.05) is 13.1 Å². The monoisotopic (exact) mass is 272 g/mol. The van der Waals surface area contributed by atoms with Crippen LogP contribution in [0.2, 0.25) is 0 Å². The number of sulfonamides is 1. The van der Waals surface area contributed by atoms with Gasteiger partial charge in [-0.25, -0.2) is 8.42 Å². The lowest BCUT2D eigenvalue weighted by Gasteiger charge is -2.19. The maximum Gasteiger partial charge on any atom is 0.244 e. The van der Waals surface area contributed by atoms with Gasteiger partial charge in [0.05, 0.1) is 11.5 Å². The van der Waals surface area contributed by atoms with Gasteiger partial charge in [-0.15, -0.1) is 0 Å². The Bertz CT molecular complexity index is 495. The van der Waals surface area contributed by atoms with Crippen molar-refractivity contribution in [2.24, 2.45) is 5.92 Å². The highest BCUT2D eigenvalue weighted by Gasteiger charge is 2.27. The van der Waals surface area contributed by atoms with Crippen LogP contribution in [0.5, 0.6) is 0 Å². The van der Waals surface area contributed by atoms with E-state index in [1.54, 1.807) is 4.31 Å². The number of hydrogen-bond donors (Lipinski definition) is 2. The van der Waals surface area contributed by atoms with Gasteiger partial charge < -0.3 is 10.1 Å². The first-order valence-corrected chi connectivity index (χ1v) is 7.76. The number of rotatable bonds is 3. The van der Waals surface area contributed by atoms with Crippen LogP contribution in [0.1, 0.15) is 31.9 Å². The fourth-order valence-corrected chi connectivity index (χ4v) is 3.80. The summed E-state index contributed by atoms with van der Waals surface area (Å²) in [4.78, 5) is 3.02. The van der Waals surface area contributed by atoms with Crippen molar-refractivity contribution in [1.29, 1.82) is 0 Å². The first-order chi connectivity index (χ1) is 8.54. The van der Waals surface area contributed by atoms with Gasteiger partial charge in [-0.3, -0.25) is 0 Å². The quantitative estimate of drug-likeness (QED) is 0.871. The summed E-state index contributed by atoms with van der Waals surface area (Å²) in [6.45, 7) is 3.16. The first kappa shape index (κ1) is 13.6. The van der Waals surface area contributed by atoms with Crippen LogP contribution in [0.4, 0.5) is 0 Å². The standard InChI is InChI=1S/C12H20N2O3S/c1-10-3-2-5-14(6-4-10)18(16,17)12-7-11(9-15)13-8-12/h7-8,10,13,15H,2-6,9H2,1H3. The van der Waals surface area contributed by atoms with Crippen molar-refractivity contribution in [3.8, 4) is 0 Å². The molecule has 1 unspecified atom stereocenters. The Balaban J connectivity index is 2.19. The van der Waals surface area contributed by atoms with Crippen LogP contribution in [0.3, 0.4) is 0 Å². The highest BCUT2D eigenvalue weighted by molar-refractivity contribution is 7.89. The van der Waals surface area contributed by atoms with Crippen molar-refractivity contribution in [2.45, 2.75) is 37.7 Å². The van der Waals surface area contributed by atoms with E-state index in [9.17, 15) is 8.42 Å². The summed E-state index contributed by atoms with van der Waals surface area (Å²) in [5, 5.41) is 8.97. The van der Waals surface area contributed by atoms with E-state index in [0.29, 0.717) is 24.7 Å². The summed E-state index contributed by atoms with van der Waals surface area (Å²) < 4.78 is 26.4. The summed E-state index contributed by atoms with van der Waals surface area (Å²) in [7, 11) is -3.41. The van der Waals surface area contributed by atoms with E-state index in [1.165, 1.54) is 12.3 Å². The Morgan fingerprint density at radius 1 is 1.44 bits per heavy atom. The average Bonchev–Trinajstić information content (AvgIpc) is 2.72.